The van der Waals surface area contributed by atoms with Crippen molar-refractivity contribution in [1.82, 2.24) is 15.1 Å². The third kappa shape index (κ3) is 6.78. The Morgan fingerprint density at radius 1 is 1.18 bits per heavy atom. The summed E-state index contributed by atoms with van der Waals surface area (Å²) >= 11 is 0. The summed E-state index contributed by atoms with van der Waals surface area (Å²) in [6.45, 7) is 15.8. The molecule has 244 valence electrons. The molecule has 0 radical (unpaired) electrons. The molecular formula is C32H46F2N4O6. The van der Waals surface area contributed by atoms with Crippen molar-refractivity contribution in [3.63, 3.8) is 0 Å². The standard InChI is InChI=1S/C32H46F2N4O6/c1-19(2)38(24-17-32(24)11-10-13-36(18-32)28(42)44-29(4,5)6)25(39)21-16-22-23(15-20(21)3)43-30(7,8)27(41)37(22)14-12-35-26(40)31(9,33)34/h15-16,19,24H,10-14,17-18H2,1-9H3,(H,35,40)/t24-,32?/m1/s1. The molecule has 1 aliphatic carbocycles. The number of likely N-dealkylation sites (tertiary alicyclic amines) is 1. The Hall–Kier alpha value is -3.44. The molecule has 1 spiro atoms. The first-order valence-electron chi connectivity index (χ1n) is 15.3. The summed E-state index contributed by atoms with van der Waals surface area (Å²) in [6.07, 6.45) is 2.13. The summed E-state index contributed by atoms with van der Waals surface area (Å²) in [6, 6.07) is 3.12. The number of alkyl halides is 2. The Balaban J connectivity index is 1.59. The number of rotatable bonds is 7. The largest absolute Gasteiger partial charge is 0.476 e. The average Bonchev–Trinajstić information content (AvgIpc) is 3.54. The van der Waals surface area contributed by atoms with E-state index < -0.39 is 28.9 Å². The highest BCUT2D eigenvalue weighted by Crippen LogP contribution is 2.56. The first-order chi connectivity index (χ1) is 20.2. The first kappa shape index (κ1) is 33.5. The first-order valence-corrected chi connectivity index (χ1v) is 15.3. The predicted molar refractivity (Wildman–Crippen MR) is 161 cm³/mol. The Morgan fingerprint density at radius 3 is 2.43 bits per heavy atom. The number of ether oxygens (including phenoxy) is 2. The molecule has 44 heavy (non-hydrogen) atoms. The van der Waals surface area contributed by atoms with Gasteiger partial charge in [0.15, 0.2) is 5.60 Å². The van der Waals surface area contributed by atoms with Crippen molar-refractivity contribution < 1.29 is 37.4 Å². The molecule has 1 N–H and O–H groups in total. The normalized spacial score (nSPS) is 22.8. The zero-order valence-electron chi connectivity index (χ0n) is 27.3. The molecule has 2 heterocycles. The topological polar surface area (TPSA) is 108 Å². The van der Waals surface area contributed by atoms with E-state index in [1.54, 1.807) is 37.8 Å². The fourth-order valence-corrected chi connectivity index (χ4v) is 6.28. The lowest BCUT2D eigenvalue weighted by Gasteiger charge is -2.40. The highest BCUT2D eigenvalue weighted by Gasteiger charge is 2.60. The van der Waals surface area contributed by atoms with Crippen LogP contribution in [-0.4, -0.2) is 89.0 Å². The molecule has 10 nitrogen and oxygen atoms in total. The van der Waals surface area contributed by atoms with E-state index in [4.69, 9.17) is 9.47 Å². The summed E-state index contributed by atoms with van der Waals surface area (Å²) in [5.41, 5.74) is -0.665. The van der Waals surface area contributed by atoms with Gasteiger partial charge in [0.05, 0.1) is 5.69 Å². The second-order valence-electron chi connectivity index (χ2n) is 14.2. The van der Waals surface area contributed by atoms with Gasteiger partial charge in [-0.15, -0.1) is 0 Å². The van der Waals surface area contributed by atoms with Crippen LogP contribution in [0.15, 0.2) is 12.1 Å². The van der Waals surface area contributed by atoms with Crippen molar-refractivity contribution in [2.24, 2.45) is 5.41 Å². The summed E-state index contributed by atoms with van der Waals surface area (Å²) in [4.78, 5) is 57.2. The number of nitrogens with one attached hydrogen (secondary N) is 1. The maximum absolute atomic E-state index is 14.3. The maximum Gasteiger partial charge on any atom is 0.410 e. The smallest absolute Gasteiger partial charge is 0.410 e. The van der Waals surface area contributed by atoms with Gasteiger partial charge >= 0.3 is 12.0 Å². The summed E-state index contributed by atoms with van der Waals surface area (Å²) in [5.74, 6) is -5.22. The molecular weight excluding hydrogens is 574 g/mol. The van der Waals surface area contributed by atoms with Gasteiger partial charge in [-0.25, -0.2) is 4.79 Å². The molecule has 1 aromatic rings. The monoisotopic (exact) mass is 620 g/mol. The van der Waals surface area contributed by atoms with Crippen molar-refractivity contribution in [2.75, 3.05) is 31.1 Å². The van der Waals surface area contributed by atoms with Crippen LogP contribution in [0.25, 0.3) is 0 Å². The fraction of sp³-hybridized carbons (Fsp3) is 0.688. The van der Waals surface area contributed by atoms with E-state index in [-0.39, 0.29) is 42.6 Å². The molecule has 12 heteroatoms. The van der Waals surface area contributed by atoms with Gasteiger partial charge in [-0.2, -0.15) is 8.78 Å². The molecule has 0 aromatic heterocycles. The minimum absolute atomic E-state index is 0.0745. The number of fused-ring (bicyclic) bond motifs is 1. The lowest BCUT2D eigenvalue weighted by Crippen LogP contribution is -2.54. The number of carbonyl (C=O) groups is 4. The molecule has 1 saturated carbocycles. The minimum atomic E-state index is -3.55. The number of halogens is 2. The van der Waals surface area contributed by atoms with Gasteiger partial charge in [0, 0.05) is 56.2 Å². The molecule has 1 unspecified atom stereocenters. The third-order valence-corrected chi connectivity index (χ3v) is 8.51. The van der Waals surface area contributed by atoms with Crippen molar-refractivity contribution in [3.8, 4) is 5.75 Å². The van der Waals surface area contributed by atoms with Crippen LogP contribution in [0.4, 0.5) is 19.3 Å². The van der Waals surface area contributed by atoms with Gasteiger partial charge in [-0.1, -0.05) is 0 Å². The quantitative estimate of drug-likeness (QED) is 0.464. The number of benzene rings is 1. The molecule has 1 saturated heterocycles. The van der Waals surface area contributed by atoms with Crippen LogP contribution in [0.3, 0.4) is 0 Å². The second-order valence-corrected chi connectivity index (χ2v) is 14.2. The Labute approximate surface area is 258 Å². The molecule has 1 aromatic carbocycles. The molecule has 4 rings (SSSR count). The van der Waals surface area contributed by atoms with E-state index in [2.05, 4.69) is 5.32 Å². The Bertz CT molecular complexity index is 1330. The van der Waals surface area contributed by atoms with Gasteiger partial charge in [0.2, 0.25) is 0 Å². The summed E-state index contributed by atoms with van der Waals surface area (Å²) < 4.78 is 38.4. The zero-order chi connectivity index (χ0) is 33.0. The number of nitrogens with zero attached hydrogens (tertiary/aromatic N) is 3. The number of aryl methyl sites for hydroxylation is 1. The van der Waals surface area contributed by atoms with Crippen LogP contribution in [0.1, 0.15) is 90.6 Å². The van der Waals surface area contributed by atoms with E-state index in [1.165, 1.54) is 4.90 Å². The van der Waals surface area contributed by atoms with Crippen LogP contribution in [-0.2, 0) is 14.3 Å². The van der Waals surface area contributed by atoms with Crippen molar-refractivity contribution >= 4 is 29.5 Å². The van der Waals surface area contributed by atoms with E-state index in [9.17, 15) is 28.0 Å². The molecule has 4 amide bonds. The van der Waals surface area contributed by atoms with Gasteiger partial charge in [0.1, 0.15) is 11.4 Å². The van der Waals surface area contributed by atoms with Crippen LogP contribution in [0.2, 0.25) is 0 Å². The highest BCUT2D eigenvalue weighted by molar-refractivity contribution is 6.05. The molecule has 0 bridgehead atoms. The van der Waals surface area contributed by atoms with Gasteiger partial charge in [0.25, 0.3) is 17.7 Å². The second kappa shape index (κ2) is 11.5. The molecule has 2 atom stereocenters. The number of hydrogen-bond donors (Lipinski definition) is 1. The van der Waals surface area contributed by atoms with Crippen molar-refractivity contribution in [1.29, 1.82) is 0 Å². The van der Waals surface area contributed by atoms with Crippen LogP contribution >= 0.6 is 0 Å². The zero-order valence-corrected chi connectivity index (χ0v) is 27.3. The summed E-state index contributed by atoms with van der Waals surface area (Å²) in [5, 5.41) is 2.17. The van der Waals surface area contributed by atoms with E-state index in [0.29, 0.717) is 42.6 Å². The summed E-state index contributed by atoms with van der Waals surface area (Å²) in [7, 11) is 0. The molecule has 3 aliphatic rings. The number of carbonyl (C=O) groups excluding carboxylic acids is 4. The van der Waals surface area contributed by atoms with E-state index >= 15 is 0 Å². The lowest BCUT2D eigenvalue weighted by molar-refractivity contribution is -0.143. The number of amides is 4. The van der Waals surface area contributed by atoms with Crippen molar-refractivity contribution in [2.45, 2.75) is 111 Å². The Kier molecular flexibility index (Phi) is 8.73. The average molecular weight is 621 g/mol. The van der Waals surface area contributed by atoms with E-state index in [0.717, 1.165) is 19.3 Å². The number of hydrogen-bond acceptors (Lipinski definition) is 6. The number of piperidine rings is 1. The van der Waals surface area contributed by atoms with Crippen LogP contribution in [0, 0.1) is 12.3 Å². The lowest BCUT2D eigenvalue weighted by atomic mass is 9.93. The van der Waals surface area contributed by atoms with Gasteiger partial charge in [-0.05, 0) is 92.3 Å². The third-order valence-electron chi connectivity index (χ3n) is 8.51. The van der Waals surface area contributed by atoms with Gasteiger partial charge < -0.3 is 29.5 Å². The van der Waals surface area contributed by atoms with Crippen molar-refractivity contribution in [3.05, 3.63) is 23.3 Å². The van der Waals surface area contributed by atoms with Crippen LogP contribution < -0.4 is 15.0 Å². The van der Waals surface area contributed by atoms with Gasteiger partial charge in [-0.3, -0.25) is 14.4 Å². The maximum atomic E-state index is 14.3. The van der Waals surface area contributed by atoms with E-state index in [1.807, 2.05) is 39.5 Å². The predicted octanol–water partition coefficient (Wildman–Crippen LogP) is 4.91. The molecule has 2 fully saturated rings. The Morgan fingerprint density at radius 2 is 1.84 bits per heavy atom. The molecule has 2 aliphatic heterocycles. The fourth-order valence-electron chi connectivity index (χ4n) is 6.28. The number of anilines is 1. The minimum Gasteiger partial charge on any atom is -0.476 e. The SMILES string of the molecule is Cc1cc2c(cc1C(=O)N(C(C)C)[C@@H]1CC13CCCN(C(=O)OC(C)(C)C)C3)N(CCNC(=O)C(C)(F)F)C(=O)C(C)(C)O2. The van der Waals surface area contributed by atoms with Crippen LogP contribution in [0.5, 0.6) is 5.75 Å². The highest BCUT2D eigenvalue weighted by atomic mass is 19.3.